The highest BCUT2D eigenvalue weighted by Crippen LogP contribution is 2.09. The summed E-state index contributed by atoms with van der Waals surface area (Å²) in [5.41, 5.74) is 0. The van der Waals surface area contributed by atoms with Gasteiger partial charge in [-0.05, 0) is 26.2 Å². The maximum Gasteiger partial charge on any atom is 0.315 e. The minimum atomic E-state index is -0.368. The van der Waals surface area contributed by atoms with E-state index in [-0.39, 0.29) is 18.2 Å². The number of hydrogen-bond acceptors (Lipinski definition) is 3. The van der Waals surface area contributed by atoms with Gasteiger partial charge in [-0.15, -0.1) is 6.58 Å². The number of urea groups is 1. The molecule has 1 saturated heterocycles. The van der Waals surface area contributed by atoms with Crippen LogP contribution >= 0.6 is 0 Å². The summed E-state index contributed by atoms with van der Waals surface area (Å²) >= 11 is 0. The van der Waals surface area contributed by atoms with E-state index >= 15 is 0 Å². The van der Waals surface area contributed by atoms with Crippen LogP contribution in [0, 0.1) is 0 Å². The van der Waals surface area contributed by atoms with Crippen LogP contribution in [0.3, 0.4) is 0 Å². The second-order valence-corrected chi connectivity index (χ2v) is 4.90. The van der Waals surface area contributed by atoms with Crippen molar-refractivity contribution in [2.24, 2.45) is 0 Å². The Labute approximate surface area is 109 Å². The van der Waals surface area contributed by atoms with Crippen LogP contribution in [0.25, 0.3) is 0 Å². The highest BCUT2D eigenvalue weighted by Gasteiger charge is 2.19. The van der Waals surface area contributed by atoms with Crippen molar-refractivity contribution in [1.29, 1.82) is 0 Å². The molecule has 5 nitrogen and oxygen atoms in total. The van der Waals surface area contributed by atoms with Crippen molar-refractivity contribution >= 4 is 6.03 Å². The molecule has 0 radical (unpaired) electrons. The van der Waals surface area contributed by atoms with Crippen LogP contribution in [-0.2, 0) is 0 Å². The maximum atomic E-state index is 11.6. The molecule has 0 aromatic heterocycles. The van der Waals surface area contributed by atoms with E-state index in [9.17, 15) is 4.79 Å². The predicted molar refractivity (Wildman–Crippen MR) is 72.5 cm³/mol. The molecule has 0 aromatic carbocycles. The first-order chi connectivity index (χ1) is 8.61. The van der Waals surface area contributed by atoms with Gasteiger partial charge in [-0.25, -0.2) is 4.79 Å². The van der Waals surface area contributed by atoms with Gasteiger partial charge in [0.15, 0.2) is 0 Å². The Balaban J connectivity index is 2.12. The maximum absolute atomic E-state index is 11.6. The second kappa shape index (κ2) is 8.11. The molecule has 1 aliphatic heterocycles. The lowest BCUT2D eigenvalue weighted by Gasteiger charge is -2.31. The van der Waals surface area contributed by atoms with Crippen molar-refractivity contribution in [2.45, 2.75) is 38.3 Å². The minimum Gasteiger partial charge on any atom is -0.393 e. The van der Waals surface area contributed by atoms with E-state index < -0.39 is 0 Å². The first-order valence-corrected chi connectivity index (χ1v) is 6.67. The SMILES string of the molecule is C=CCN1CCC(NC(=O)NCCC(C)O)CC1. The van der Waals surface area contributed by atoms with Crippen LogP contribution in [0.5, 0.6) is 0 Å². The quantitative estimate of drug-likeness (QED) is 0.612. The van der Waals surface area contributed by atoms with Gasteiger partial charge in [-0.1, -0.05) is 6.08 Å². The molecule has 0 spiro atoms. The van der Waals surface area contributed by atoms with E-state index in [2.05, 4.69) is 22.1 Å². The van der Waals surface area contributed by atoms with Gasteiger partial charge in [0.05, 0.1) is 6.10 Å². The summed E-state index contributed by atoms with van der Waals surface area (Å²) < 4.78 is 0. The number of carbonyl (C=O) groups excluding carboxylic acids is 1. The van der Waals surface area contributed by atoms with Gasteiger partial charge in [-0.2, -0.15) is 0 Å². The van der Waals surface area contributed by atoms with Gasteiger partial charge >= 0.3 is 6.03 Å². The number of nitrogens with one attached hydrogen (secondary N) is 2. The molecule has 104 valence electrons. The number of carbonyl (C=O) groups is 1. The summed E-state index contributed by atoms with van der Waals surface area (Å²) in [7, 11) is 0. The number of hydrogen-bond donors (Lipinski definition) is 3. The van der Waals surface area contributed by atoms with Gasteiger partial charge in [0.25, 0.3) is 0 Å². The summed E-state index contributed by atoms with van der Waals surface area (Å²) in [6.07, 6.45) is 4.10. The topological polar surface area (TPSA) is 64.6 Å². The van der Waals surface area contributed by atoms with Gasteiger partial charge in [-0.3, -0.25) is 4.90 Å². The van der Waals surface area contributed by atoms with Gasteiger partial charge in [0.1, 0.15) is 0 Å². The fourth-order valence-electron chi connectivity index (χ4n) is 2.07. The summed E-state index contributed by atoms with van der Waals surface area (Å²) in [5, 5.41) is 14.8. The number of aliphatic hydroxyl groups excluding tert-OH is 1. The number of aliphatic hydroxyl groups is 1. The molecular formula is C13H25N3O2. The molecular weight excluding hydrogens is 230 g/mol. The Bertz CT molecular complexity index is 261. The third-order valence-corrected chi connectivity index (χ3v) is 3.16. The molecule has 0 aromatic rings. The molecule has 0 bridgehead atoms. The van der Waals surface area contributed by atoms with Crippen molar-refractivity contribution in [3.05, 3.63) is 12.7 Å². The Kier molecular flexibility index (Phi) is 6.75. The van der Waals surface area contributed by atoms with Crippen molar-refractivity contribution in [3.8, 4) is 0 Å². The number of nitrogens with zero attached hydrogens (tertiary/aromatic N) is 1. The third kappa shape index (κ3) is 6.02. The first-order valence-electron chi connectivity index (χ1n) is 6.67. The van der Waals surface area contributed by atoms with Crippen molar-refractivity contribution in [1.82, 2.24) is 15.5 Å². The Hall–Kier alpha value is -1.07. The molecule has 1 heterocycles. The molecule has 0 aliphatic carbocycles. The highest BCUT2D eigenvalue weighted by molar-refractivity contribution is 5.74. The summed E-state index contributed by atoms with van der Waals surface area (Å²) in [6.45, 7) is 8.89. The van der Waals surface area contributed by atoms with E-state index in [1.54, 1.807) is 6.92 Å². The van der Waals surface area contributed by atoms with Gasteiger partial charge in [0.2, 0.25) is 0 Å². The largest absolute Gasteiger partial charge is 0.393 e. The highest BCUT2D eigenvalue weighted by atomic mass is 16.3. The Morgan fingerprint density at radius 3 is 2.78 bits per heavy atom. The van der Waals surface area contributed by atoms with Gasteiger partial charge < -0.3 is 15.7 Å². The van der Waals surface area contributed by atoms with Crippen LogP contribution in [0.15, 0.2) is 12.7 Å². The molecule has 1 rings (SSSR count). The van der Waals surface area contributed by atoms with E-state index in [1.807, 2.05) is 6.08 Å². The fourth-order valence-corrected chi connectivity index (χ4v) is 2.07. The van der Waals surface area contributed by atoms with E-state index in [0.29, 0.717) is 13.0 Å². The molecule has 0 saturated carbocycles. The van der Waals surface area contributed by atoms with Crippen LogP contribution in [-0.4, -0.2) is 54.4 Å². The van der Waals surface area contributed by atoms with Crippen LogP contribution in [0.2, 0.25) is 0 Å². The smallest absolute Gasteiger partial charge is 0.315 e. The first kappa shape index (κ1) is 15.0. The van der Waals surface area contributed by atoms with E-state index in [1.165, 1.54) is 0 Å². The standard InChI is InChI=1S/C13H25N3O2/c1-3-8-16-9-5-12(6-10-16)15-13(18)14-7-4-11(2)17/h3,11-12,17H,1,4-10H2,2H3,(H2,14,15,18). The molecule has 2 amide bonds. The zero-order chi connectivity index (χ0) is 13.4. The van der Waals surface area contributed by atoms with Gasteiger partial charge in [0, 0.05) is 32.2 Å². The number of rotatable bonds is 6. The van der Waals surface area contributed by atoms with Crippen LogP contribution < -0.4 is 10.6 Å². The van der Waals surface area contributed by atoms with E-state index in [0.717, 1.165) is 32.5 Å². The van der Waals surface area contributed by atoms with E-state index in [4.69, 9.17) is 5.11 Å². The van der Waals surface area contributed by atoms with Crippen LogP contribution in [0.1, 0.15) is 26.2 Å². The Morgan fingerprint density at radius 1 is 1.56 bits per heavy atom. The van der Waals surface area contributed by atoms with Crippen molar-refractivity contribution < 1.29 is 9.90 Å². The monoisotopic (exact) mass is 255 g/mol. The molecule has 1 aliphatic rings. The Morgan fingerprint density at radius 2 is 2.22 bits per heavy atom. The molecule has 5 heteroatoms. The minimum absolute atomic E-state index is 0.127. The van der Waals surface area contributed by atoms with Crippen LogP contribution in [0.4, 0.5) is 4.79 Å². The lowest BCUT2D eigenvalue weighted by Crippen LogP contribution is -2.48. The zero-order valence-corrected chi connectivity index (χ0v) is 11.2. The van der Waals surface area contributed by atoms with Crippen molar-refractivity contribution in [2.75, 3.05) is 26.2 Å². The number of amides is 2. The summed E-state index contributed by atoms with van der Waals surface area (Å²) in [5.74, 6) is 0. The number of likely N-dealkylation sites (tertiary alicyclic amines) is 1. The summed E-state index contributed by atoms with van der Waals surface area (Å²) in [6, 6.07) is 0.135. The molecule has 1 unspecified atom stereocenters. The average Bonchev–Trinajstić information content (AvgIpc) is 2.31. The second-order valence-electron chi connectivity index (χ2n) is 4.90. The molecule has 1 fully saturated rings. The summed E-state index contributed by atoms with van der Waals surface area (Å²) in [4.78, 5) is 13.9. The predicted octanol–water partition coefficient (Wildman–Crippen LogP) is 0.707. The average molecular weight is 255 g/mol. The fraction of sp³-hybridized carbons (Fsp3) is 0.769. The number of piperidine rings is 1. The molecule has 3 N–H and O–H groups in total. The third-order valence-electron chi connectivity index (χ3n) is 3.16. The zero-order valence-electron chi connectivity index (χ0n) is 11.2. The normalized spacial score (nSPS) is 19.2. The lowest BCUT2D eigenvalue weighted by atomic mass is 10.1. The van der Waals surface area contributed by atoms with Crippen molar-refractivity contribution in [3.63, 3.8) is 0 Å². The molecule has 1 atom stereocenters. The lowest BCUT2D eigenvalue weighted by molar-refractivity contribution is 0.181. The molecule has 18 heavy (non-hydrogen) atoms.